The molecule has 6 nitrogen and oxygen atoms in total. The smallest absolute Gasteiger partial charge is 0.379 e. The molecule has 0 fully saturated rings. The number of aromatic nitrogens is 1. The molecule has 1 heterocycles. The number of para-hydroxylation sites is 1. The van der Waals surface area contributed by atoms with Crippen molar-refractivity contribution in [3.63, 3.8) is 0 Å². The number of hydrogen-bond donors (Lipinski definition) is 1. The maximum Gasteiger partial charge on any atom is 0.379 e. The molecule has 0 radical (unpaired) electrons. The Morgan fingerprint density at radius 2 is 2.05 bits per heavy atom. The normalized spacial score (nSPS) is 12.8. The van der Waals surface area contributed by atoms with Crippen LogP contribution in [0.25, 0.3) is 10.9 Å². The van der Waals surface area contributed by atoms with E-state index in [4.69, 9.17) is 5.11 Å². The number of carboxylic acid groups (broad SMARTS) is 1. The SMILES string of the molecule is CC(C)n1cc(C[C@@H](C(=O)O)[N+](=O)[O-])c2ccccc21. The van der Waals surface area contributed by atoms with E-state index in [1.54, 1.807) is 0 Å². The van der Waals surface area contributed by atoms with E-state index in [2.05, 4.69) is 0 Å². The van der Waals surface area contributed by atoms with Gasteiger partial charge in [0.1, 0.15) is 0 Å². The molecule has 1 aromatic carbocycles. The summed E-state index contributed by atoms with van der Waals surface area (Å²) in [6.07, 6.45) is 1.71. The largest absolute Gasteiger partial charge is 0.476 e. The van der Waals surface area contributed by atoms with Crippen LogP contribution in [0.2, 0.25) is 0 Å². The fourth-order valence-corrected chi connectivity index (χ4v) is 2.33. The second kappa shape index (κ2) is 5.32. The van der Waals surface area contributed by atoms with Crippen molar-refractivity contribution in [1.82, 2.24) is 4.57 Å². The van der Waals surface area contributed by atoms with Gasteiger partial charge in [0, 0.05) is 28.1 Å². The monoisotopic (exact) mass is 276 g/mol. The fourth-order valence-electron chi connectivity index (χ4n) is 2.33. The molecule has 1 N–H and O–H groups in total. The number of carboxylic acids is 1. The first-order valence-corrected chi connectivity index (χ1v) is 6.36. The molecule has 0 aliphatic heterocycles. The summed E-state index contributed by atoms with van der Waals surface area (Å²) in [5, 5.41) is 20.7. The zero-order valence-corrected chi connectivity index (χ0v) is 11.3. The van der Waals surface area contributed by atoms with E-state index in [9.17, 15) is 14.9 Å². The Morgan fingerprint density at radius 1 is 1.40 bits per heavy atom. The summed E-state index contributed by atoms with van der Waals surface area (Å²) in [4.78, 5) is 21.1. The third-order valence-electron chi connectivity index (χ3n) is 3.33. The lowest BCUT2D eigenvalue weighted by atomic mass is 10.1. The molecule has 1 atom stereocenters. The highest BCUT2D eigenvalue weighted by atomic mass is 16.6. The molecule has 2 aromatic rings. The van der Waals surface area contributed by atoms with E-state index in [1.807, 2.05) is 48.9 Å². The fraction of sp³-hybridized carbons (Fsp3) is 0.357. The molecule has 2 rings (SSSR count). The molecule has 0 saturated carbocycles. The van der Waals surface area contributed by atoms with Gasteiger partial charge < -0.3 is 9.67 Å². The zero-order valence-electron chi connectivity index (χ0n) is 11.3. The summed E-state index contributed by atoms with van der Waals surface area (Å²) in [5.41, 5.74) is 1.66. The molecule has 0 amide bonds. The van der Waals surface area contributed by atoms with Crippen LogP contribution in [0.3, 0.4) is 0 Å². The summed E-state index contributed by atoms with van der Waals surface area (Å²) >= 11 is 0. The molecular weight excluding hydrogens is 260 g/mol. The van der Waals surface area contributed by atoms with Crippen LogP contribution >= 0.6 is 0 Å². The Hall–Kier alpha value is -2.37. The number of benzene rings is 1. The van der Waals surface area contributed by atoms with Gasteiger partial charge >= 0.3 is 12.0 Å². The van der Waals surface area contributed by atoms with Crippen molar-refractivity contribution < 1.29 is 14.8 Å². The standard InChI is InChI=1S/C14H16N2O4/c1-9(2)15-8-10(7-13(14(17)18)16(19)20)11-5-3-4-6-12(11)15/h3-6,8-9,13H,7H2,1-2H3,(H,17,18)/t13-/m0/s1. The Kier molecular flexibility index (Phi) is 3.74. The van der Waals surface area contributed by atoms with Crippen molar-refractivity contribution in [2.75, 3.05) is 0 Å². The molecule has 0 bridgehead atoms. The molecule has 0 unspecified atom stereocenters. The third-order valence-corrected chi connectivity index (χ3v) is 3.33. The van der Waals surface area contributed by atoms with E-state index < -0.39 is 16.9 Å². The Morgan fingerprint density at radius 3 is 2.60 bits per heavy atom. The second-order valence-corrected chi connectivity index (χ2v) is 5.02. The van der Waals surface area contributed by atoms with E-state index in [-0.39, 0.29) is 12.5 Å². The molecular formula is C14H16N2O4. The lowest BCUT2D eigenvalue weighted by molar-refractivity contribution is -0.509. The van der Waals surface area contributed by atoms with Crippen molar-refractivity contribution in [2.24, 2.45) is 0 Å². The highest BCUT2D eigenvalue weighted by molar-refractivity contribution is 5.85. The lowest BCUT2D eigenvalue weighted by Gasteiger charge is -2.08. The number of nitrogens with zero attached hydrogens (tertiary/aromatic N) is 2. The summed E-state index contributed by atoms with van der Waals surface area (Å²) in [5.74, 6) is -1.41. The minimum Gasteiger partial charge on any atom is -0.476 e. The van der Waals surface area contributed by atoms with Gasteiger partial charge in [-0.3, -0.25) is 10.1 Å². The maximum absolute atomic E-state index is 11.0. The van der Waals surface area contributed by atoms with Crippen LogP contribution in [0.4, 0.5) is 0 Å². The zero-order chi connectivity index (χ0) is 14.9. The van der Waals surface area contributed by atoms with Gasteiger partial charge in [0.25, 0.3) is 0 Å². The average Bonchev–Trinajstić information content (AvgIpc) is 2.74. The Bertz CT molecular complexity index is 646. The van der Waals surface area contributed by atoms with Crippen molar-refractivity contribution in [3.8, 4) is 0 Å². The predicted molar refractivity (Wildman–Crippen MR) is 74.4 cm³/mol. The van der Waals surface area contributed by atoms with Gasteiger partial charge in [0.15, 0.2) is 0 Å². The number of aliphatic carboxylic acids is 1. The highest BCUT2D eigenvalue weighted by Crippen LogP contribution is 2.25. The minimum absolute atomic E-state index is 0.109. The number of rotatable bonds is 5. The van der Waals surface area contributed by atoms with Crippen LogP contribution in [-0.2, 0) is 11.2 Å². The summed E-state index contributed by atoms with van der Waals surface area (Å²) in [7, 11) is 0. The highest BCUT2D eigenvalue weighted by Gasteiger charge is 2.30. The topological polar surface area (TPSA) is 85.4 Å². The van der Waals surface area contributed by atoms with Gasteiger partial charge in [0.2, 0.25) is 0 Å². The first-order valence-electron chi connectivity index (χ1n) is 6.36. The van der Waals surface area contributed by atoms with E-state index >= 15 is 0 Å². The van der Waals surface area contributed by atoms with Crippen LogP contribution in [0.5, 0.6) is 0 Å². The number of nitro groups is 1. The number of fused-ring (bicyclic) bond motifs is 1. The quantitative estimate of drug-likeness (QED) is 0.671. The molecule has 0 aliphatic carbocycles. The second-order valence-electron chi connectivity index (χ2n) is 5.02. The Balaban J connectivity index is 2.49. The van der Waals surface area contributed by atoms with Gasteiger partial charge in [-0.1, -0.05) is 18.2 Å². The Labute approximate surface area is 115 Å². The molecule has 0 aliphatic rings. The van der Waals surface area contributed by atoms with E-state index in [1.165, 1.54) is 0 Å². The van der Waals surface area contributed by atoms with Crippen LogP contribution in [0.15, 0.2) is 30.5 Å². The van der Waals surface area contributed by atoms with Gasteiger partial charge in [-0.25, -0.2) is 4.79 Å². The average molecular weight is 276 g/mol. The van der Waals surface area contributed by atoms with E-state index in [0.717, 1.165) is 10.9 Å². The molecule has 0 spiro atoms. The van der Waals surface area contributed by atoms with Crippen molar-refractivity contribution in [2.45, 2.75) is 32.4 Å². The van der Waals surface area contributed by atoms with E-state index in [0.29, 0.717) is 5.56 Å². The minimum atomic E-state index is -1.61. The van der Waals surface area contributed by atoms with Gasteiger partial charge in [-0.15, -0.1) is 0 Å². The molecule has 0 saturated heterocycles. The predicted octanol–water partition coefficient (Wildman–Crippen LogP) is 2.49. The maximum atomic E-state index is 11.0. The molecule has 6 heteroatoms. The molecule has 106 valence electrons. The van der Waals surface area contributed by atoms with Crippen molar-refractivity contribution >= 4 is 16.9 Å². The first kappa shape index (κ1) is 14.0. The van der Waals surface area contributed by atoms with Gasteiger partial charge in [-0.2, -0.15) is 0 Å². The lowest BCUT2D eigenvalue weighted by Crippen LogP contribution is -2.31. The van der Waals surface area contributed by atoms with Crippen LogP contribution < -0.4 is 0 Å². The molecule has 20 heavy (non-hydrogen) atoms. The number of hydrogen-bond acceptors (Lipinski definition) is 3. The number of carbonyl (C=O) groups is 1. The van der Waals surface area contributed by atoms with Crippen molar-refractivity contribution in [1.29, 1.82) is 0 Å². The summed E-state index contributed by atoms with van der Waals surface area (Å²) < 4.78 is 2.00. The first-order chi connectivity index (χ1) is 9.41. The molecule has 1 aromatic heterocycles. The third kappa shape index (κ3) is 2.49. The summed E-state index contributed by atoms with van der Waals surface area (Å²) in [6.45, 7) is 4.02. The van der Waals surface area contributed by atoms with Gasteiger partial charge in [0.05, 0.1) is 6.42 Å². The van der Waals surface area contributed by atoms with Gasteiger partial charge in [-0.05, 0) is 25.5 Å². The van der Waals surface area contributed by atoms with Crippen LogP contribution in [0, 0.1) is 10.1 Å². The summed E-state index contributed by atoms with van der Waals surface area (Å²) in [6, 6.07) is 6.13. The van der Waals surface area contributed by atoms with Crippen molar-refractivity contribution in [3.05, 3.63) is 46.1 Å². The van der Waals surface area contributed by atoms with Crippen LogP contribution in [0.1, 0.15) is 25.5 Å². The van der Waals surface area contributed by atoms with Crippen LogP contribution in [-0.4, -0.2) is 26.6 Å².